The number of nitrogens with zero attached hydrogens (tertiary/aromatic N) is 1. The molecule has 0 fully saturated rings. The standard InChI is InChI=1S/C15H13NO3/c1-9(17)14(18)10-4-5-13-12(7-10)8-11-3-2-6-16-15(11)19-13/h2-7,9,17H,8H2,1H3. The average Bonchev–Trinajstić information content (AvgIpc) is 2.43. The Morgan fingerprint density at radius 2 is 2.21 bits per heavy atom. The summed E-state index contributed by atoms with van der Waals surface area (Å²) in [7, 11) is 0. The van der Waals surface area contributed by atoms with Gasteiger partial charge in [0.05, 0.1) is 0 Å². The SMILES string of the molecule is CC(O)C(=O)c1ccc2c(c1)Cc1cccnc1O2. The average molecular weight is 255 g/mol. The zero-order valence-corrected chi connectivity index (χ0v) is 10.5. The van der Waals surface area contributed by atoms with Crippen LogP contribution in [0.15, 0.2) is 36.5 Å². The quantitative estimate of drug-likeness (QED) is 0.714. The van der Waals surface area contributed by atoms with E-state index in [4.69, 9.17) is 4.74 Å². The summed E-state index contributed by atoms with van der Waals surface area (Å²) in [6.07, 6.45) is 1.38. The van der Waals surface area contributed by atoms with E-state index in [0.717, 1.165) is 11.1 Å². The van der Waals surface area contributed by atoms with Crippen molar-refractivity contribution in [3.63, 3.8) is 0 Å². The Morgan fingerprint density at radius 1 is 1.37 bits per heavy atom. The van der Waals surface area contributed by atoms with E-state index in [1.54, 1.807) is 24.4 Å². The summed E-state index contributed by atoms with van der Waals surface area (Å²) in [6.45, 7) is 1.47. The summed E-state index contributed by atoms with van der Waals surface area (Å²) >= 11 is 0. The third-order valence-corrected chi connectivity index (χ3v) is 3.16. The van der Waals surface area contributed by atoms with Crippen molar-refractivity contribution in [1.29, 1.82) is 0 Å². The van der Waals surface area contributed by atoms with Crippen LogP contribution in [0.1, 0.15) is 28.4 Å². The Bertz CT molecular complexity index is 650. The minimum absolute atomic E-state index is 0.278. The van der Waals surface area contributed by atoms with Crippen molar-refractivity contribution in [3.8, 4) is 11.6 Å². The highest BCUT2D eigenvalue weighted by Crippen LogP contribution is 2.35. The fraction of sp³-hybridized carbons (Fsp3) is 0.200. The molecule has 2 aromatic rings. The molecular formula is C15H13NO3. The van der Waals surface area contributed by atoms with Gasteiger partial charge >= 0.3 is 0 Å². The number of hydrogen-bond donors (Lipinski definition) is 1. The number of aromatic nitrogens is 1. The predicted molar refractivity (Wildman–Crippen MR) is 69.6 cm³/mol. The van der Waals surface area contributed by atoms with E-state index in [0.29, 0.717) is 23.6 Å². The maximum Gasteiger partial charge on any atom is 0.222 e. The largest absolute Gasteiger partial charge is 0.438 e. The molecule has 1 aliphatic rings. The second kappa shape index (κ2) is 4.48. The predicted octanol–water partition coefficient (Wildman–Crippen LogP) is 2.34. The van der Waals surface area contributed by atoms with Gasteiger partial charge in [0.2, 0.25) is 5.88 Å². The Labute approximate surface area is 110 Å². The van der Waals surface area contributed by atoms with Gasteiger partial charge in [-0.25, -0.2) is 4.98 Å². The van der Waals surface area contributed by atoms with Crippen LogP contribution in [0, 0.1) is 0 Å². The number of pyridine rings is 1. The third-order valence-electron chi connectivity index (χ3n) is 3.16. The molecule has 1 N–H and O–H groups in total. The third kappa shape index (κ3) is 2.11. The number of rotatable bonds is 2. The van der Waals surface area contributed by atoms with Gasteiger partial charge in [-0.2, -0.15) is 0 Å². The fourth-order valence-corrected chi connectivity index (χ4v) is 2.17. The molecule has 1 aliphatic heterocycles. The molecule has 1 aromatic heterocycles. The van der Waals surface area contributed by atoms with Crippen LogP contribution >= 0.6 is 0 Å². The summed E-state index contributed by atoms with van der Waals surface area (Å²) in [4.78, 5) is 15.9. The smallest absolute Gasteiger partial charge is 0.222 e. The maximum absolute atomic E-state index is 11.8. The second-order valence-corrected chi connectivity index (χ2v) is 4.61. The molecule has 0 saturated carbocycles. The van der Waals surface area contributed by atoms with Crippen LogP contribution in [0.2, 0.25) is 0 Å². The van der Waals surface area contributed by atoms with E-state index in [9.17, 15) is 9.90 Å². The Balaban J connectivity index is 1.98. The lowest BCUT2D eigenvalue weighted by molar-refractivity contribution is 0.0779. The van der Waals surface area contributed by atoms with Crippen LogP contribution in [0.3, 0.4) is 0 Å². The summed E-state index contributed by atoms with van der Waals surface area (Å²) in [5.74, 6) is 1.05. The normalized spacial score (nSPS) is 14.0. The van der Waals surface area contributed by atoms with E-state index in [-0.39, 0.29) is 5.78 Å². The molecule has 0 spiro atoms. The highest BCUT2D eigenvalue weighted by atomic mass is 16.5. The van der Waals surface area contributed by atoms with E-state index in [1.165, 1.54) is 6.92 Å². The number of benzene rings is 1. The maximum atomic E-state index is 11.8. The lowest BCUT2D eigenvalue weighted by Gasteiger charge is -2.19. The zero-order chi connectivity index (χ0) is 13.4. The first-order valence-corrected chi connectivity index (χ1v) is 6.12. The molecule has 4 nitrogen and oxygen atoms in total. The lowest BCUT2D eigenvalue weighted by Crippen LogP contribution is -2.16. The zero-order valence-electron chi connectivity index (χ0n) is 10.5. The fourth-order valence-electron chi connectivity index (χ4n) is 2.17. The van der Waals surface area contributed by atoms with Crippen molar-refractivity contribution in [1.82, 2.24) is 4.98 Å². The van der Waals surface area contributed by atoms with Gasteiger partial charge in [-0.1, -0.05) is 6.07 Å². The Morgan fingerprint density at radius 3 is 3.00 bits per heavy atom. The molecular weight excluding hydrogens is 242 g/mol. The molecule has 96 valence electrons. The van der Waals surface area contributed by atoms with Crippen LogP contribution in [0.25, 0.3) is 0 Å². The van der Waals surface area contributed by atoms with Gasteiger partial charge < -0.3 is 9.84 Å². The Kier molecular flexibility index (Phi) is 2.80. The van der Waals surface area contributed by atoms with Crippen LogP contribution < -0.4 is 4.74 Å². The van der Waals surface area contributed by atoms with Gasteiger partial charge in [0.15, 0.2) is 5.78 Å². The number of carbonyl (C=O) groups is 1. The summed E-state index contributed by atoms with van der Waals surface area (Å²) in [5, 5.41) is 9.35. The van der Waals surface area contributed by atoms with Crippen molar-refractivity contribution in [2.75, 3.05) is 0 Å². The van der Waals surface area contributed by atoms with Gasteiger partial charge in [-0.15, -0.1) is 0 Å². The van der Waals surface area contributed by atoms with Crippen molar-refractivity contribution in [2.45, 2.75) is 19.4 Å². The van der Waals surface area contributed by atoms with E-state index >= 15 is 0 Å². The second-order valence-electron chi connectivity index (χ2n) is 4.61. The first-order chi connectivity index (χ1) is 9.15. The minimum atomic E-state index is -0.989. The molecule has 1 aromatic carbocycles. The summed E-state index contributed by atoms with van der Waals surface area (Å²) < 4.78 is 5.69. The molecule has 0 saturated heterocycles. The van der Waals surface area contributed by atoms with Crippen molar-refractivity contribution < 1.29 is 14.6 Å². The lowest BCUT2D eigenvalue weighted by atomic mass is 9.98. The monoisotopic (exact) mass is 255 g/mol. The van der Waals surface area contributed by atoms with Crippen molar-refractivity contribution in [2.24, 2.45) is 0 Å². The molecule has 0 radical (unpaired) electrons. The highest BCUT2D eigenvalue weighted by Gasteiger charge is 2.20. The minimum Gasteiger partial charge on any atom is -0.438 e. The first-order valence-electron chi connectivity index (χ1n) is 6.12. The molecule has 1 unspecified atom stereocenters. The van der Waals surface area contributed by atoms with Crippen LogP contribution in [-0.2, 0) is 6.42 Å². The molecule has 3 rings (SSSR count). The number of fused-ring (bicyclic) bond motifs is 2. The number of ketones is 1. The molecule has 4 heteroatoms. The van der Waals surface area contributed by atoms with E-state index in [1.807, 2.05) is 12.1 Å². The molecule has 0 amide bonds. The van der Waals surface area contributed by atoms with Crippen LogP contribution in [0.5, 0.6) is 11.6 Å². The van der Waals surface area contributed by atoms with E-state index in [2.05, 4.69) is 4.98 Å². The Hall–Kier alpha value is -2.20. The van der Waals surface area contributed by atoms with Crippen molar-refractivity contribution >= 4 is 5.78 Å². The van der Waals surface area contributed by atoms with Gasteiger partial charge in [-0.3, -0.25) is 4.79 Å². The summed E-state index contributed by atoms with van der Waals surface area (Å²) in [6, 6.07) is 9.01. The van der Waals surface area contributed by atoms with Crippen molar-refractivity contribution in [3.05, 3.63) is 53.2 Å². The molecule has 2 heterocycles. The molecule has 19 heavy (non-hydrogen) atoms. The van der Waals surface area contributed by atoms with Gasteiger partial charge in [0.1, 0.15) is 11.9 Å². The molecule has 0 aliphatic carbocycles. The number of aliphatic hydroxyl groups is 1. The van der Waals surface area contributed by atoms with Crippen LogP contribution in [-0.4, -0.2) is 22.0 Å². The summed E-state index contributed by atoms with van der Waals surface area (Å²) in [5.41, 5.74) is 2.44. The number of aliphatic hydroxyl groups excluding tert-OH is 1. The van der Waals surface area contributed by atoms with Crippen LogP contribution in [0.4, 0.5) is 0 Å². The van der Waals surface area contributed by atoms with E-state index < -0.39 is 6.10 Å². The van der Waals surface area contributed by atoms with Gasteiger partial charge in [-0.05, 0) is 31.2 Å². The number of hydrogen-bond acceptors (Lipinski definition) is 4. The highest BCUT2D eigenvalue weighted by molar-refractivity contribution is 5.99. The van der Waals surface area contributed by atoms with Gasteiger partial charge in [0.25, 0.3) is 0 Å². The van der Waals surface area contributed by atoms with Gasteiger partial charge in [0, 0.05) is 29.3 Å². The number of carbonyl (C=O) groups excluding carboxylic acids is 1. The number of Topliss-reactive ketones (excluding diaryl/α,β-unsaturated/α-hetero) is 1. The topological polar surface area (TPSA) is 59.4 Å². The molecule has 1 atom stereocenters. The number of ether oxygens (including phenoxy) is 1. The molecule has 0 bridgehead atoms. The first kappa shape index (κ1) is 11.9.